The fourth-order valence-corrected chi connectivity index (χ4v) is 11.5. The summed E-state index contributed by atoms with van der Waals surface area (Å²) in [7, 11) is 0. The number of benzene rings is 6. The number of carbonyl (C=O) groups is 3. The van der Waals surface area contributed by atoms with Crippen molar-refractivity contribution >= 4 is 34.5 Å². The number of morpholine rings is 1. The quantitative estimate of drug-likeness (QED) is 0.118. The maximum atomic E-state index is 16.2. The summed E-state index contributed by atoms with van der Waals surface area (Å²) in [5, 5.41) is 21.6. The molecule has 1 aromatic heterocycles. The van der Waals surface area contributed by atoms with Crippen LogP contribution in [0.3, 0.4) is 0 Å². The molecule has 1 spiro atoms. The average molecular weight is 948 g/mol. The van der Waals surface area contributed by atoms with Crippen molar-refractivity contribution in [1.82, 2.24) is 29.7 Å². The largest absolute Gasteiger partial charge is 0.491 e. The number of nitrogens with one attached hydrogen (secondary N) is 1. The first kappa shape index (κ1) is 44.2. The monoisotopic (exact) mass is 947 g/mol. The molecule has 3 saturated heterocycles. The lowest BCUT2D eigenvalue weighted by atomic mass is 9.65. The molecule has 15 heteroatoms. The van der Waals surface area contributed by atoms with Crippen molar-refractivity contribution < 1.29 is 38.4 Å². The minimum atomic E-state index is -1.71. The van der Waals surface area contributed by atoms with Gasteiger partial charge in [-0.05, 0) is 82.4 Å². The lowest BCUT2D eigenvalue weighted by molar-refractivity contribution is -0.179. The Bertz CT molecular complexity index is 3240. The number of carbonyl (C=O) groups excluding carboxylic acids is 3. The van der Waals surface area contributed by atoms with Gasteiger partial charge in [0, 0.05) is 44.0 Å². The summed E-state index contributed by atoms with van der Waals surface area (Å²) in [4.78, 5) is 53.7. The standard InChI is InChI=1S/C56H49N7O8/c64-29-30-68-41-17-9-16-40(33-41)52-56(42-31-36(20-22-43(42)57-55(56)67)11-10-24-62-45-19-8-7-18-44(45)58-59-62)48(53(65)61-27-25-60(26-28-61)34-37-21-23-46-47(32-37)70-35-69-46)50-54(66)71-51(39-14-5-2-6-15-39)49(63(50)52)38-12-3-1-4-13-38/h1-9,12-23,31-33,48-52,64H,24-30,34-35H2,(H,57,67). The Kier molecular flexibility index (Phi) is 11.4. The molecule has 356 valence electrons. The van der Waals surface area contributed by atoms with Gasteiger partial charge in [-0.3, -0.25) is 24.2 Å². The van der Waals surface area contributed by atoms with Crippen LogP contribution in [0.25, 0.3) is 11.0 Å². The molecule has 0 bridgehead atoms. The second kappa shape index (κ2) is 18.4. The fraction of sp³-hybridized carbons (Fsp3) is 0.268. The molecule has 3 fully saturated rings. The normalized spacial score (nSPS) is 23.5. The van der Waals surface area contributed by atoms with Gasteiger partial charge in [0.1, 0.15) is 42.0 Å². The molecule has 71 heavy (non-hydrogen) atoms. The van der Waals surface area contributed by atoms with Crippen molar-refractivity contribution in [3.05, 3.63) is 179 Å². The van der Waals surface area contributed by atoms with Gasteiger partial charge in [-0.15, -0.1) is 5.10 Å². The van der Waals surface area contributed by atoms with Crippen molar-refractivity contribution in [1.29, 1.82) is 0 Å². The highest BCUT2D eigenvalue weighted by atomic mass is 16.7. The molecule has 12 rings (SSSR count). The third kappa shape index (κ3) is 7.71. The number of hydrogen-bond donors (Lipinski definition) is 2. The third-order valence-corrected chi connectivity index (χ3v) is 14.5. The summed E-state index contributed by atoms with van der Waals surface area (Å²) in [6, 6.07) is 43.3. The molecule has 7 aromatic rings. The van der Waals surface area contributed by atoms with Crippen LogP contribution >= 0.6 is 0 Å². The molecule has 6 aromatic carbocycles. The Labute approximate surface area is 409 Å². The molecule has 2 amide bonds. The number of nitrogens with zero attached hydrogens (tertiary/aromatic N) is 6. The zero-order valence-corrected chi connectivity index (χ0v) is 38.6. The number of aliphatic hydroxyl groups is 1. The second-order valence-corrected chi connectivity index (χ2v) is 18.5. The van der Waals surface area contributed by atoms with Crippen LogP contribution in [0.5, 0.6) is 17.2 Å². The Morgan fingerprint density at radius 3 is 2.37 bits per heavy atom. The third-order valence-electron chi connectivity index (χ3n) is 14.5. The maximum Gasteiger partial charge on any atom is 0.324 e. The van der Waals surface area contributed by atoms with Crippen LogP contribution < -0.4 is 19.5 Å². The molecular weight excluding hydrogens is 899 g/mol. The van der Waals surface area contributed by atoms with Crippen molar-refractivity contribution in [2.75, 3.05) is 51.5 Å². The van der Waals surface area contributed by atoms with Crippen LogP contribution in [0.4, 0.5) is 5.69 Å². The highest BCUT2D eigenvalue weighted by molar-refractivity contribution is 6.12. The second-order valence-electron chi connectivity index (χ2n) is 18.5. The Morgan fingerprint density at radius 2 is 1.55 bits per heavy atom. The van der Waals surface area contributed by atoms with Crippen LogP contribution in [-0.2, 0) is 37.6 Å². The van der Waals surface area contributed by atoms with Gasteiger partial charge < -0.3 is 34.3 Å². The first-order valence-corrected chi connectivity index (χ1v) is 23.9. The van der Waals surface area contributed by atoms with E-state index >= 15 is 14.4 Å². The minimum Gasteiger partial charge on any atom is -0.491 e. The number of aliphatic hydroxyl groups excluding tert-OH is 1. The minimum absolute atomic E-state index is 0.0398. The van der Waals surface area contributed by atoms with E-state index in [2.05, 4.69) is 37.3 Å². The van der Waals surface area contributed by atoms with Gasteiger partial charge in [-0.2, -0.15) is 0 Å². The van der Waals surface area contributed by atoms with E-state index in [1.807, 2.05) is 144 Å². The van der Waals surface area contributed by atoms with Gasteiger partial charge >= 0.3 is 5.97 Å². The number of amides is 2. The van der Waals surface area contributed by atoms with E-state index < -0.39 is 47.4 Å². The Hall–Kier alpha value is -8.03. The molecule has 2 N–H and O–H groups in total. The van der Waals surface area contributed by atoms with Gasteiger partial charge in [0.25, 0.3) is 0 Å². The van der Waals surface area contributed by atoms with Crippen molar-refractivity contribution in [2.45, 2.75) is 42.7 Å². The number of piperazine rings is 1. The lowest BCUT2D eigenvalue weighted by Crippen LogP contribution is -2.58. The van der Waals surface area contributed by atoms with Crippen LogP contribution in [0.1, 0.15) is 51.6 Å². The number of rotatable bonds is 10. The highest BCUT2D eigenvalue weighted by Crippen LogP contribution is 2.65. The van der Waals surface area contributed by atoms with E-state index in [1.165, 1.54) is 0 Å². The summed E-state index contributed by atoms with van der Waals surface area (Å²) in [6.45, 7) is 2.74. The van der Waals surface area contributed by atoms with Crippen LogP contribution in [0, 0.1) is 17.8 Å². The van der Waals surface area contributed by atoms with Gasteiger partial charge in [0.2, 0.25) is 18.6 Å². The molecular formula is C56H49N7O8. The van der Waals surface area contributed by atoms with Crippen molar-refractivity contribution in [2.24, 2.45) is 5.92 Å². The predicted octanol–water partition coefficient (Wildman–Crippen LogP) is 6.20. The average Bonchev–Trinajstić information content (AvgIpc) is 4.20. The zero-order valence-electron chi connectivity index (χ0n) is 38.6. The van der Waals surface area contributed by atoms with Crippen LogP contribution in [0.2, 0.25) is 0 Å². The van der Waals surface area contributed by atoms with Gasteiger partial charge in [-0.25, -0.2) is 4.68 Å². The van der Waals surface area contributed by atoms with E-state index in [9.17, 15) is 5.11 Å². The van der Waals surface area contributed by atoms with E-state index in [0.717, 1.165) is 33.5 Å². The van der Waals surface area contributed by atoms with Crippen molar-refractivity contribution in [3.8, 4) is 29.1 Å². The number of fused-ring (bicyclic) bond motifs is 5. The first-order valence-electron chi connectivity index (χ1n) is 23.9. The zero-order chi connectivity index (χ0) is 48.1. The SMILES string of the molecule is O=C1OC(c2ccccc2)C(c2ccccc2)N2C1C(C(=O)N1CCN(Cc3ccc4c(c3)OCO4)CC1)C1(C(=O)Nc3ccc(C#CCn4nnc5ccccc54)cc31)C2c1cccc(OCCO)c1. The van der Waals surface area contributed by atoms with Crippen LogP contribution in [-0.4, -0.2) is 105 Å². The summed E-state index contributed by atoms with van der Waals surface area (Å²) < 4.78 is 25.6. The number of esters is 1. The molecule has 0 radical (unpaired) electrons. The number of para-hydroxylation sites is 1. The summed E-state index contributed by atoms with van der Waals surface area (Å²) in [5.41, 5.74) is 4.90. The maximum absolute atomic E-state index is 16.2. The van der Waals surface area contributed by atoms with Gasteiger partial charge in [0.15, 0.2) is 11.5 Å². The summed E-state index contributed by atoms with van der Waals surface area (Å²) in [5.74, 6) is 5.88. The number of hydrogen-bond acceptors (Lipinski definition) is 12. The molecule has 15 nitrogen and oxygen atoms in total. The molecule has 5 aliphatic rings. The smallest absolute Gasteiger partial charge is 0.324 e. The van der Waals surface area contributed by atoms with E-state index in [0.29, 0.717) is 66.6 Å². The predicted molar refractivity (Wildman–Crippen MR) is 261 cm³/mol. The number of ether oxygens (including phenoxy) is 4. The summed E-state index contributed by atoms with van der Waals surface area (Å²) in [6.07, 6.45) is -0.821. The Balaban J connectivity index is 1.01. The molecule has 0 saturated carbocycles. The number of aromatic nitrogens is 3. The molecule has 0 aliphatic carbocycles. The van der Waals surface area contributed by atoms with Gasteiger partial charge in [0.05, 0.1) is 30.1 Å². The number of anilines is 1. The van der Waals surface area contributed by atoms with E-state index in [-0.39, 0.29) is 32.5 Å². The van der Waals surface area contributed by atoms with Crippen molar-refractivity contribution in [3.63, 3.8) is 0 Å². The van der Waals surface area contributed by atoms with E-state index in [4.69, 9.17) is 18.9 Å². The summed E-state index contributed by atoms with van der Waals surface area (Å²) >= 11 is 0. The Morgan fingerprint density at radius 1 is 0.789 bits per heavy atom. The molecule has 5 aliphatic heterocycles. The molecule has 6 atom stereocenters. The fourth-order valence-electron chi connectivity index (χ4n) is 11.5. The topological polar surface area (TPSA) is 161 Å². The lowest BCUT2D eigenvalue weighted by Gasteiger charge is -2.46. The number of cyclic esters (lactones) is 1. The van der Waals surface area contributed by atoms with Crippen LogP contribution in [0.15, 0.2) is 146 Å². The van der Waals surface area contributed by atoms with E-state index in [1.54, 1.807) is 10.7 Å². The highest BCUT2D eigenvalue weighted by Gasteiger charge is 2.74. The first-order chi connectivity index (χ1) is 34.9. The molecule has 6 heterocycles. The van der Waals surface area contributed by atoms with Gasteiger partial charge in [-0.1, -0.05) is 108 Å². The molecule has 6 unspecified atom stereocenters.